The normalized spacial score (nSPS) is 12.8. The van der Waals surface area contributed by atoms with E-state index in [-0.39, 0.29) is 4.83 Å². The van der Waals surface area contributed by atoms with Gasteiger partial charge in [0.1, 0.15) is 0 Å². The van der Waals surface area contributed by atoms with E-state index in [1.807, 2.05) is 23.5 Å². The third-order valence-electron chi connectivity index (χ3n) is 2.55. The molecule has 0 fully saturated rings. The van der Waals surface area contributed by atoms with Gasteiger partial charge in [0.05, 0.1) is 4.83 Å². The number of benzene rings is 1. The highest BCUT2D eigenvalue weighted by Crippen LogP contribution is 2.41. The van der Waals surface area contributed by atoms with Crippen molar-refractivity contribution in [2.75, 3.05) is 0 Å². The van der Waals surface area contributed by atoms with Gasteiger partial charge in [-0.1, -0.05) is 49.5 Å². The second-order valence-electron chi connectivity index (χ2n) is 3.93. The van der Waals surface area contributed by atoms with E-state index in [9.17, 15) is 0 Å². The smallest absolute Gasteiger partial charge is 0.0755 e. The second kappa shape index (κ2) is 5.43. The van der Waals surface area contributed by atoms with Gasteiger partial charge in [0, 0.05) is 19.2 Å². The maximum Gasteiger partial charge on any atom is 0.0755 e. The van der Waals surface area contributed by atoms with Gasteiger partial charge in [0.15, 0.2) is 0 Å². The van der Waals surface area contributed by atoms with Crippen LogP contribution in [0.5, 0.6) is 0 Å². The molecule has 2 rings (SSSR count). The molecule has 90 valence electrons. The predicted molar refractivity (Wildman–Crippen MR) is 83.7 cm³/mol. The van der Waals surface area contributed by atoms with Gasteiger partial charge in [0.25, 0.3) is 0 Å². The van der Waals surface area contributed by atoms with Gasteiger partial charge >= 0.3 is 0 Å². The number of halogens is 3. The third kappa shape index (κ3) is 2.95. The van der Waals surface area contributed by atoms with E-state index < -0.39 is 0 Å². The highest BCUT2D eigenvalue weighted by molar-refractivity contribution is 9.10. The van der Waals surface area contributed by atoms with Crippen LogP contribution >= 0.6 is 54.8 Å². The highest BCUT2D eigenvalue weighted by atomic mass is 79.9. The molecule has 17 heavy (non-hydrogen) atoms. The molecule has 0 nitrogen and oxygen atoms in total. The molecule has 1 aromatic carbocycles. The zero-order valence-corrected chi connectivity index (χ0v) is 14.2. The summed E-state index contributed by atoms with van der Waals surface area (Å²) in [5.74, 6) is 0. The van der Waals surface area contributed by atoms with Crippen molar-refractivity contribution in [3.8, 4) is 0 Å². The minimum Gasteiger partial charge on any atom is -0.144 e. The molecule has 0 radical (unpaired) electrons. The maximum absolute atomic E-state index is 6.28. The van der Waals surface area contributed by atoms with E-state index in [0.717, 1.165) is 15.1 Å². The van der Waals surface area contributed by atoms with Gasteiger partial charge in [0.2, 0.25) is 0 Å². The second-order valence-corrected chi connectivity index (χ2v) is 7.46. The predicted octanol–water partition coefficient (Wildman–Crippen LogP) is 6.27. The summed E-state index contributed by atoms with van der Waals surface area (Å²) < 4.78 is 1.00. The van der Waals surface area contributed by atoms with Crippen molar-refractivity contribution in [1.82, 2.24) is 0 Å². The fraction of sp³-hybridized carbons (Fsp3) is 0.231. The Morgan fingerprint density at radius 2 is 1.94 bits per heavy atom. The van der Waals surface area contributed by atoms with E-state index in [1.54, 1.807) is 0 Å². The van der Waals surface area contributed by atoms with Crippen LogP contribution in [0.3, 0.4) is 0 Å². The van der Waals surface area contributed by atoms with E-state index >= 15 is 0 Å². The molecule has 0 aliphatic heterocycles. The van der Waals surface area contributed by atoms with Gasteiger partial charge in [-0.3, -0.25) is 0 Å². The third-order valence-corrected chi connectivity index (χ3v) is 5.84. The molecule has 0 aliphatic rings. The molecule has 1 aromatic heterocycles. The molecule has 1 unspecified atom stereocenters. The lowest BCUT2D eigenvalue weighted by Crippen LogP contribution is -1.92. The Balaban J connectivity index is 2.43. The van der Waals surface area contributed by atoms with Gasteiger partial charge in [-0.25, -0.2) is 0 Å². The standard InChI is InChI=1S/C13H11Br2ClS/c1-7-5-8(2)17-13(7)12(15)10-4-3-9(14)6-11(10)16/h3-6,12H,1-2H3. The summed E-state index contributed by atoms with van der Waals surface area (Å²) in [4.78, 5) is 2.82. The van der Waals surface area contributed by atoms with Crippen molar-refractivity contribution >= 4 is 54.8 Å². The first kappa shape index (κ1) is 13.6. The maximum atomic E-state index is 6.28. The topological polar surface area (TPSA) is 0 Å². The van der Waals surface area contributed by atoms with Gasteiger partial charge in [-0.15, -0.1) is 11.3 Å². The fourth-order valence-corrected chi connectivity index (χ4v) is 4.75. The van der Waals surface area contributed by atoms with Crippen LogP contribution in [0.15, 0.2) is 28.7 Å². The summed E-state index contributed by atoms with van der Waals surface area (Å²) in [6.45, 7) is 4.27. The Hall–Kier alpha value is 0.170. The average Bonchev–Trinajstić information content (AvgIpc) is 2.57. The van der Waals surface area contributed by atoms with Crippen LogP contribution in [0.25, 0.3) is 0 Å². The van der Waals surface area contributed by atoms with E-state index in [4.69, 9.17) is 11.6 Å². The number of hydrogen-bond acceptors (Lipinski definition) is 1. The summed E-state index contributed by atoms with van der Waals surface area (Å²) in [6.07, 6.45) is 0. The van der Waals surface area contributed by atoms with Crippen LogP contribution < -0.4 is 0 Å². The van der Waals surface area contributed by atoms with Gasteiger partial charge in [-0.2, -0.15) is 0 Å². The van der Waals surface area contributed by atoms with Crippen molar-refractivity contribution in [2.45, 2.75) is 18.7 Å². The molecular weight excluding hydrogens is 383 g/mol. The zero-order chi connectivity index (χ0) is 12.6. The van der Waals surface area contributed by atoms with E-state index in [2.05, 4.69) is 57.8 Å². The number of aryl methyl sites for hydroxylation is 2. The highest BCUT2D eigenvalue weighted by Gasteiger charge is 2.17. The minimum absolute atomic E-state index is 0.168. The SMILES string of the molecule is Cc1cc(C)c(C(Br)c2ccc(Br)cc2Cl)s1. The molecule has 0 amide bonds. The van der Waals surface area contributed by atoms with Crippen molar-refractivity contribution in [2.24, 2.45) is 0 Å². The summed E-state index contributed by atoms with van der Waals surface area (Å²) >= 11 is 15.3. The number of alkyl halides is 1. The van der Waals surface area contributed by atoms with Crippen molar-refractivity contribution in [1.29, 1.82) is 0 Å². The van der Waals surface area contributed by atoms with Crippen molar-refractivity contribution in [3.63, 3.8) is 0 Å². The van der Waals surface area contributed by atoms with Crippen LogP contribution in [0, 0.1) is 13.8 Å². The Bertz CT molecular complexity index is 548. The molecular formula is C13H11Br2ClS. The molecule has 1 atom stereocenters. The Morgan fingerprint density at radius 1 is 1.24 bits per heavy atom. The first-order chi connectivity index (χ1) is 7.99. The summed E-state index contributed by atoms with van der Waals surface area (Å²) in [7, 11) is 0. The largest absolute Gasteiger partial charge is 0.144 e. The molecule has 2 aromatic rings. The van der Waals surface area contributed by atoms with Crippen LogP contribution in [-0.4, -0.2) is 0 Å². The first-order valence-corrected chi connectivity index (χ1v) is 8.05. The van der Waals surface area contributed by atoms with Crippen LogP contribution in [0.2, 0.25) is 5.02 Å². The monoisotopic (exact) mass is 392 g/mol. The molecule has 0 spiro atoms. The van der Waals surface area contributed by atoms with Gasteiger partial charge < -0.3 is 0 Å². The van der Waals surface area contributed by atoms with E-state index in [1.165, 1.54) is 15.3 Å². The van der Waals surface area contributed by atoms with Crippen molar-refractivity contribution < 1.29 is 0 Å². The molecule has 0 bridgehead atoms. The average molecular weight is 395 g/mol. The van der Waals surface area contributed by atoms with Crippen LogP contribution in [0.1, 0.15) is 25.7 Å². The molecule has 0 saturated heterocycles. The first-order valence-electron chi connectivity index (χ1n) is 5.15. The molecule has 1 heterocycles. The Kier molecular flexibility index (Phi) is 4.35. The molecule has 0 saturated carbocycles. The lowest BCUT2D eigenvalue weighted by Gasteiger charge is -2.12. The van der Waals surface area contributed by atoms with Gasteiger partial charge in [-0.05, 0) is 43.2 Å². The lowest BCUT2D eigenvalue weighted by molar-refractivity contribution is 1.19. The lowest BCUT2D eigenvalue weighted by atomic mass is 10.1. The van der Waals surface area contributed by atoms with Crippen LogP contribution in [0.4, 0.5) is 0 Å². The molecule has 4 heteroatoms. The zero-order valence-electron chi connectivity index (χ0n) is 9.43. The van der Waals surface area contributed by atoms with Crippen molar-refractivity contribution in [3.05, 3.63) is 54.6 Å². The quantitative estimate of drug-likeness (QED) is 0.527. The molecule has 0 N–H and O–H groups in total. The Labute approximate surface area is 127 Å². The number of hydrogen-bond donors (Lipinski definition) is 0. The summed E-state index contributed by atoms with van der Waals surface area (Å²) in [6, 6.07) is 8.22. The van der Waals surface area contributed by atoms with E-state index in [0.29, 0.717) is 0 Å². The number of thiophene rings is 1. The molecule has 0 aliphatic carbocycles. The summed E-state index contributed by atoms with van der Waals surface area (Å²) in [5, 5.41) is 0.784. The number of rotatable bonds is 2. The van der Waals surface area contributed by atoms with Crippen LogP contribution in [-0.2, 0) is 0 Å². The fourth-order valence-electron chi connectivity index (χ4n) is 1.76. The summed E-state index contributed by atoms with van der Waals surface area (Å²) in [5.41, 5.74) is 2.42. The Morgan fingerprint density at radius 3 is 2.47 bits per heavy atom. The minimum atomic E-state index is 0.168.